The SMILES string of the molecule is Cc1nc2cc(F)c(-c3ccc(CC(=O)ON)cc3)cn2c1Cc1ccccc1OC(F)F. The Morgan fingerprint density at radius 2 is 1.88 bits per heavy atom. The van der Waals surface area contributed by atoms with Crippen LogP contribution >= 0.6 is 0 Å². The highest BCUT2D eigenvalue weighted by Gasteiger charge is 2.17. The van der Waals surface area contributed by atoms with E-state index in [4.69, 9.17) is 5.90 Å². The van der Waals surface area contributed by atoms with Crippen molar-refractivity contribution in [2.24, 2.45) is 5.90 Å². The van der Waals surface area contributed by atoms with E-state index in [0.717, 1.165) is 5.69 Å². The van der Waals surface area contributed by atoms with Crippen LogP contribution in [0.15, 0.2) is 60.8 Å². The molecule has 2 N–H and O–H groups in total. The zero-order valence-electron chi connectivity index (χ0n) is 17.6. The van der Waals surface area contributed by atoms with Crippen molar-refractivity contribution < 1.29 is 27.5 Å². The Morgan fingerprint density at radius 1 is 1.15 bits per heavy atom. The lowest BCUT2D eigenvalue weighted by atomic mass is 10.0. The molecule has 9 heteroatoms. The van der Waals surface area contributed by atoms with Gasteiger partial charge in [-0.15, -0.1) is 0 Å². The summed E-state index contributed by atoms with van der Waals surface area (Å²) in [5.74, 6) is 3.90. The number of ether oxygens (including phenoxy) is 1. The standard InChI is InChI=1S/C24H20F3N3O3/c1-14-20(11-17-4-2-3-5-21(17)32-24(26)27)30-13-18(19(25)12-22(30)29-14)16-8-6-15(7-9-16)10-23(31)33-28/h2-9,12-13,24H,10-11,28H2,1H3. The van der Waals surface area contributed by atoms with Gasteiger partial charge in [-0.3, -0.25) is 4.79 Å². The number of pyridine rings is 1. The van der Waals surface area contributed by atoms with Crippen LogP contribution in [-0.4, -0.2) is 22.0 Å². The summed E-state index contributed by atoms with van der Waals surface area (Å²) in [7, 11) is 0. The number of nitrogens with two attached hydrogens (primary N) is 1. The van der Waals surface area contributed by atoms with Crippen molar-refractivity contribution in [3.8, 4) is 16.9 Å². The van der Waals surface area contributed by atoms with E-state index in [1.165, 1.54) is 12.1 Å². The van der Waals surface area contributed by atoms with E-state index < -0.39 is 18.4 Å². The fourth-order valence-corrected chi connectivity index (χ4v) is 3.71. The average Bonchev–Trinajstić information content (AvgIpc) is 3.08. The molecule has 4 aromatic rings. The van der Waals surface area contributed by atoms with Crippen molar-refractivity contribution in [2.45, 2.75) is 26.4 Å². The molecular weight excluding hydrogens is 435 g/mol. The molecule has 0 saturated heterocycles. The second-order valence-corrected chi connectivity index (χ2v) is 7.43. The fourth-order valence-electron chi connectivity index (χ4n) is 3.71. The summed E-state index contributed by atoms with van der Waals surface area (Å²) in [5, 5.41) is 0. The molecule has 2 heterocycles. The van der Waals surface area contributed by atoms with Gasteiger partial charge in [0.2, 0.25) is 0 Å². The van der Waals surface area contributed by atoms with E-state index in [0.29, 0.717) is 33.6 Å². The summed E-state index contributed by atoms with van der Waals surface area (Å²) in [6, 6.07) is 14.6. The highest BCUT2D eigenvalue weighted by atomic mass is 19.3. The minimum absolute atomic E-state index is 0.00323. The molecule has 33 heavy (non-hydrogen) atoms. The number of hydrogen-bond acceptors (Lipinski definition) is 5. The molecule has 0 amide bonds. The van der Waals surface area contributed by atoms with Crippen LogP contribution in [-0.2, 0) is 22.5 Å². The molecule has 0 aliphatic rings. The van der Waals surface area contributed by atoms with Gasteiger partial charge in [0, 0.05) is 35.5 Å². The fraction of sp³-hybridized carbons (Fsp3) is 0.167. The number of carbonyl (C=O) groups is 1. The summed E-state index contributed by atoms with van der Waals surface area (Å²) in [4.78, 5) is 19.9. The van der Waals surface area contributed by atoms with Gasteiger partial charge in [-0.1, -0.05) is 42.5 Å². The largest absolute Gasteiger partial charge is 0.435 e. The van der Waals surface area contributed by atoms with Crippen molar-refractivity contribution in [1.82, 2.24) is 9.38 Å². The number of benzene rings is 2. The Bertz CT molecular complexity index is 1300. The van der Waals surface area contributed by atoms with Gasteiger partial charge in [0.25, 0.3) is 0 Å². The van der Waals surface area contributed by atoms with Crippen LogP contribution in [0.3, 0.4) is 0 Å². The third-order valence-electron chi connectivity index (χ3n) is 5.30. The van der Waals surface area contributed by atoms with Crippen molar-refractivity contribution >= 4 is 11.6 Å². The molecule has 2 aromatic heterocycles. The van der Waals surface area contributed by atoms with Gasteiger partial charge in [0.1, 0.15) is 17.2 Å². The van der Waals surface area contributed by atoms with Gasteiger partial charge in [0.05, 0.1) is 12.1 Å². The predicted molar refractivity (Wildman–Crippen MR) is 115 cm³/mol. The predicted octanol–water partition coefficient (Wildman–Crippen LogP) is 4.60. The van der Waals surface area contributed by atoms with E-state index in [1.807, 2.05) is 0 Å². The van der Waals surface area contributed by atoms with E-state index in [9.17, 15) is 18.0 Å². The molecule has 0 saturated carbocycles. The Balaban J connectivity index is 1.72. The lowest BCUT2D eigenvalue weighted by Crippen LogP contribution is -2.12. The summed E-state index contributed by atoms with van der Waals surface area (Å²) in [6.45, 7) is -1.16. The third-order valence-corrected chi connectivity index (χ3v) is 5.30. The number of nitrogens with zero attached hydrogens (tertiary/aromatic N) is 2. The number of halogens is 3. The number of imidazole rings is 1. The van der Waals surface area contributed by atoms with E-state index >= 15 is 0 Å². The molecule has 0 aliphatic heterocycles. The topological polar surface area (TPSA) is 78.8 Å². The minimum Gasteiger partial charge on any atom is -0.435 e. The maximum absolute atomic E-state index is 14.9. The van der Waals surface area contributed by atoms with Crippen molar-refractivity contribution in [3.63, 3.8) is 0 Å². The quantitative estimate of drug-likeness (QED) is 0.412. The number of rotatable bonds is 7. The number of para-hydroxylation sites is 1. The lowest BCUT2D eigenvalue weighted by molar-refractivity contribution is -0.143. The number of fused-ring (bicyclic) bond motifs is 1. The van der Waals surface area contributed by atoms with Gasteiger partial charge in [-0.2, -0.15) is 14.7 Å². The molecule has 0 unspecified atom stereocenters. The van der Waals surface area contributed by atoms with Gasteiger partial charge in [-0.25, -0.2) is 9.37 Å². The number of aryl methyl sites for hydroxylation is 1. The number of hydrogen-bond donors (Lipinski definition) is 1. The number of alkyl halides is 2. The molecule has 0 bridgehead atoms. The first-order valence-corrected chi connectivity index (χ1v) is 10.0. The Labute approximate surface area is 187 Å². The Hall–Kier alpha value is -3.85. The van der Waals surface area contributed by atoms with Crippen LogP contribution in [0.2, 0.25) is 0 Å². The summed E-state index contributed by atoms with van der Waals surface area (Å²) in [5.41, 5.74) is 3.92. The van der Waals surface area contributed by atoms with Gasteiger partial charge < -0.3 is 14.0 Å². The number of aromatic nitrogens is 2. The van der Waals surface area contributed by atoms with Crippen molar-refractivity contribution in [1.29, 1.82) is 0 Å². The molecule has 6 nitrogen and oxygen atoms in total. The summed E-state index contributed by atoms with van der Waals surface area (Å²) >= 11 is 0. The third kappa shape index (κ3) is 4.83. The monoisotopic (exact) mass is 455 g/mol. The Kier molecular flexibility index (Phi) is 6.32. The first-order chi connectivity index (χ1) is 15.9. The smallest absolute Gasteiger partial charge is 0.387 e. The molecule has 0 radical (unpaired) electrons. The van der Waals surface area contributed by atoms with Crippen LogP contribution in [0.5, 0.6) is 5.75 Å². The molecule has 0 aliphatic carbocycles. The van der Waals surface area contributed by atoms with Crippen LogP contribution in [0.25, 0.3) is 16.8 Å². The van der Waals surface area contributed by atoms with E-state index in [-0.39, 0.29) is 18.6 Å². The van der Waals surface area contributed by atoms with E-state index in [2.05, 4.69) is 14.6 Å². The van der Waals surface area contributed by atoms with E-state index in [1.54, 1.807) is 60.0 Å². The first kappa shape index (κ1) is 22.3. The van der Waals surface area contributed by atoms with Crippen molar-refractivity contribution in [2.75, 3.05) is 0 Å². The average molecular weight is 455 g/mol. The lowest BCUT2D eigenvalue weighted by Gasteiger charge is -2.12. The maximum Gasteiger partial charge on any atom is 0.387 e. The highest BCUT2D eigenvalue weighted by Crippen LogP contribution is 2.29. The zero-order chi connectivity index (χ0) is 23.5. The normalized spacial score (nSPS) is 11.2. The van der Waals surface area contributed by atoms with Crippen molar-refractivity contribution in [3.05, 3.63) is 89.1 Å². The van der Waals surface area contributed by atoms with Gasteiger partial charge in [-0.05, 0) is 24.1 Å². The highest BCUT2D eigenvalue weighted by molar-refractivity contribution is 5.73. The zero-order valence-corrected chi connectivity index (χ0v) is 17.6. The summed E-state index contributed by atoms with van der Waals surface area (Å²) in [6.07, 6.45) is 1.89. The molecular formula is C24H20F3N3O3. The summed E-state index contributed by atoms with van der Waals surface area (Å²) < 4.78 is 46.9. The molecule has 170 valence electrons. The molecule has 4 rings (SSSR count). The molecule has 0 spiro atoms. The van der Waals surface area contributed by atoms with Gasteiger partial charge >= 0.3 is 12.6 Å². The molecule has 0 atom stereocenters. The minimum atomic E-state index is -2.94. The van der Waals surface area contributed by atoms with Crippen LogP contribution in [0.1, 0.15) is 22.5 Å². The Morgan fingerprint density at radius 3 is 2.58 bits per heavy atom. The molecule has 2 aromatic carbocycles. The molecule has 0 fully saturated rings. The van der Waals surface area contributed by atoms with Crippen LogP contribution < -0.4 is 10.6 Å². The second-order valence-electron chi connectivity index (χ2n) is 7.43. The maximum atomic E-state index is 14.9. The van der Waals surface area contributed by atoms with Crippen LogP contribution in [0, 0.1) is 12.7 Å². The van der Waals surface area contributed by atoms with Gasteiger partial charge in [0.15, 0.2) is 0 Å². The first-order valence-electron chi connectivity index (χ1n) is 10.0. The second kappa shape index (κ2) is 9.33. The number of carbonyl (C=O) groups excluding carboxylic acids is 1. The van der Waals surface area contributed by atoms with Crippen LogP contribution in [0.4, 0.5) is 13.2 Å².